The van der Waals surface area contributed by atoms with Crippen LogP contribution in [-0.2, 0) is 29.5 Å². The smallest absolute Gasteiger partial charge is 0.219 e. The molecule has 9 heteroatoms. The van der Waals surface area contributed by atoms with Crippen molar-refractivity contribution < 1.29 is 14.6 Å². The zero-order valence-electron chi connectivity index (χ0n) is 20.4. The van der Waals surface area contributed by atoms with Crippen molar-refractivity contribution in [2.24, 2.45) is 7.05 Å². The summed E-state index contributed by atoms with van der Waals surface area (Å²) in [7, 11) is 1.92. The van der Waals surface area contributed by atoms with Gasteiger partial charge in [-0.2, -0.15) is 10.2 Å². The number of rotatable bonds is 4. The Balaban J connectivity index is 1.45. The molecule has 3 aromatic rings. The number of anilines is 2. The number of hydrogen-bond donors (Lipinski definition) is 1. The molecule has 3 aliphatic rings. The topological polar surface area (TPSA) is 88.7 Å². The van der Waals surface area contributed by atoms with E-state index in [0.29, 0.717) is 13.2 Å². The number of amides is 1. The summed E-state index contributed by atoms with van der Waals surface area (Å²) in [6, 6.07) is 6.70. The number of aliphatic hydroxyl groups is 1. The zero-order valence-corrected chi connectivity index (χ0v) is 20.4. The van der Waals surface area contributed by atoms with E-state index in [2.05, 4.69) is 32.9 Å². The standard InChI is InChI=1S/C26H32N6O3/c1-17(34)30-8-6-25-23(14-30)26(28-32(25)21-7-10-35-16-21)31-9-5-19(15-33)22-11-18(3-4-24(22)31)20-12-27-29(2)13-20/h3-4,11-13,19,21,33H,5-10,14-16H2,1-2H3. The monoisotopic (exact) mass is 476 g/mol. The van der Waals surface area contributed by atoms with Crippen molar-refractivity contribution in [3.05, 3.63) is 47.4 Å². The largest absolute Gasteiger partial charge is 0.396 e. The summed E-state index contributed by atoms with van der Waals surface area (Å²) in [5, 5.41) is 19.7. The number of fused-ring (bicyclic) bond motifs is 2. The fraction of sp³-hybridized carbons (Fsp3) is 0.500. The van der Waals surface area contributed by atoms with Crippen molar-refractivity contribution in [2.75, 3.05) is 37.8 Å². The minimum absolute atomic E-state index is 0.0766. The number of aliphatic hydroxyl groups excluding tert-OH is 1. The average molecular weight is 477 g/mol. The Morgan fingerprint density at radius 3 is 2.83 bits per heavy atom. The summed E-state index contributed by atoms with van der Waals surface area (Å²) in [6.07, 6.45) is 6.48. The van der Waals surface area contributed by atoms with Gasteiger partial charge >= 0.3 is 0 Å². The van der Waals surface area contributed by atoms with Crippen LogP contribution in [-0.4, -0.2) is 68.4 Å². The molecule has 184 valence electrons. The SMILES string of the molecule is CC(=O)N1CCc2c(c(N3CCC(CO)c4cc(-c5cnn(C)c5)ccc43)nn2C2CCOC2)C1. The van der Waals surface area contributed by atoms with Gasteiger partial charge in [0.1, 0.15) is 0 Å². The molecule has 5 heterocycles. The van der Waals surface area contributed by atoms with E-state index in [-0.39, 0.29) is 24.5 Å². The molecule has 2 unspecified atom stereocenters. The third kappa shape index (κ3) is 3.83. The number of hydrogen-bond acceptors (Lipinski definition) is 6. The minimum atomic E-state index is 0.0766. The molecule has 1 amide bonds. The second kappa shape index (κ2) is 8.80. The van der Waals surface area contributed by atoms with Crippen molar-refractivity contribution in [3.63, 3.8) is 0 Å². The Labute approximate surface area is 204 Å². The lowest BCUT2D eigenvalue weighted by Crippen LogP contribution is -2.36. The van der Waals surface area contributed by atoms with Gasteiger partial charge in [-0.3, -0.25) is 14.2 Å². The van der Waals surface area contributed by atoms with E-state index < -0.39 is 0 Å². The van der Waals surface area contributed by atoms with Crippen LogP contribution in [0.15, 0.2) is 30.6 Å². The highest BCUT2D eigenvalue weighted by atomic mass is 16.5. The lowest BCUT2D eigenvalue weighted by Gasteiger charge is -2.35. The van der Waals surface area contributed by atoms with Crippen molar-refractivity contribution >= 4 is 17.4 Å². The van der Waals surface area contributed by atoms with Crippen LogP contribution in [0.5, 0.6) is 0 Å². The first-order chi connectivity index (χ1) is 17.0. The molecule has 2 aromatic heterocycles. The van der Waals surface area contributed by atoms with Crippen molar-refractivity contribution in [3.8, 4) is 11.1 Å². The first kappa shape index (κ1) is 22.3. The molecule has 0 aliphatic carbocycles. The van der Waals surface area contributed by atoms with Gasteiger partial charge in [0, 0.05) is 74.7 Å². The van der Waals surface area contributed by atoms with Crippen LogP contribution in [0.25, 0.3) is 11.1 Å². The molecule has 35 heavy (non-hydrogen) atoms. The molecule has 9 nitrogen and oxygen atoms in total. The third-order valence-electron chi connectivity index (χ3n) is 7.74. The maximum absolute atomic E-state index is 12.2. The van der Waals surface area contributed by atoms with Crippen LogP contribution < -0.4 is 4.90 Å². The third-order valence-corrected chi connectivity index (χ3v) is 7.74. The minimum Gasteiger partial charge on any atom is -0.396 e. The molecule has 1 fully saturated rings. The van der Waals surface area contributed by atoms with Gasteiger partial charge in [-0.15, -0.1) is 0 Å². The molecule has 1 saturated heterocycles. The number of carbonyl (C=O) groups is 1. The molecule has 1 aromatic carbocycles. The maximum atomic E-state index is 12.2. The van der Waals surface area contributed by atoms with Crippen LogP contribution in [0.1, 0.15) is 48.5 Å². The molecular formula is C26H32N6O3. The first-order valence-corrected chi connectivity index (χ1v) is 12.5. The van der Waals surface area contributed by atoms with E-state index in [1.54, 1.807) is 11.6 Å². The number of nitrogens with zero attached hydrogens (tertiary/aromatic N) is 6. The number of aromatic nitrogens is 4. The fourth-order valence-electron chi connectivity index (χ4n) is 5.78. The summed E-state index contributed by atoms with van der Waals surface area (Å²) in [5.41, 5.74) is 6.73. The van der Waals surface area contributed by atoms with Crippen LogP contribution in [0.4, 0.5) is 11.5 Å². The highest BCUT2D eigenvalue weighted by molar-refractivity contribution is 5.76. The highest BCUT2D eigenvalue weighted by Crippen LogP contribution is 2.43. The number of carbonyl (C=O) groups excluding carboxylic acids is 1. The van der Waals surface area contributed by atoms with E-state index in [1.807, 2.05) is 24.3 Å². The first-order valence-electron chi connectivity index (χ1n) is 12.5. The normalized spacial score (nSPS) is 21.8. The Bertz CT molecular complexity index is 1260. The van der Waals surface area contributed by atoms with Gasteiger partial charge in [0.25, 0.3) is 0 Å². The van der Waals surface area contributed by atoms with E-state index in [9.17, 15) is 9.90 Å². The van der Waals surface area contributed by atoms with Crippen molar-refractivity contribution in [1.29, 1.82) is 0 Å². The van der Waals surface area contributed by atoms with Gasteiger partial charge in [0.2, 0.25) is 5.91 Å². The van der Waals surface area contributed by atoms with Gasteiger partial charge in [-0.05, 0) is 36.1 Å². The van der Waals surface area contributed by atoms with E-state index in [0.717, 1.165) is 72.7 Å². The molecule has 0 radical (unpaired) electrons. The van der Waals surface area contributed by atoms with Crippen LogP contribution in [0.2, 0.25) is 0 Å². The second-order valence-corrected chi connectivity index (χ2v) is 9.90. The summed E-state index contributed by atoms with van der Waals surface area (Å²) >= 11 is 0. The van der Waals surface area contributed by atoms with E-state index in [4.69, 9.17) is 9.84 Å². The van der Waals surface area contributed by atoms with Gasteiger partial charge in [-0.1, -0.05) is 6.07 Å². The van der Waals surface area contributed by atoms with Crippen LogP contribution >= 0.6 is 0 Å². The Hall–Kier alpha value is -3.17. The van der Waals surface area contributed by atoms with Crippen LogP contribution in [0, 0.1) is 0 Å². The maximum Gasteiger partial charge on any atom is 0.219 e. The van der Waals surface area contributed by atoms with Gasteiger partial charge < -0.3 is 19.6 Å². The molecule has 1 N–H and O–H groups in total. The van der Waals surface area contributed by atoms with E-state index in [1.165, 1.54) is 5.69 Å². The second-order valence-electron chi connectivity index (χ2n) is 9.90. The van der Waals surface area contributed by atoms with E-state index >= 15 is 0 Å². The van der Waals surface area contributed by atoms with Gasteiger partial charge in [0.15, 0.2) is 5.82 Å². The van der Waals surface area contributed by atoms with Crippen LogP contribution in [0.3, 0.4) is 0 Å². The molecule has 0 bridgehead atoms. The summed E-state index contributed by atoms with van der Waals surface area (Å²) in [6.45, 7) is 5.27. The van der Waals surface area contributed by atoms with Crippen molar-refractivity contribution in [2.45, 2.75) is 44.7 Å². The number of ether oxygens (including phenoxy) is 1. The summed E-state index contributed by atoms with van der Waals surface area (Å²) in [4.78, 5) is 16.5. The van der Waals surface area contributed by atoms with Gasteiger partial charge in [-0.25, -0.2) is 0 Å². The van der Waals surface area contributed by atoms with Crippen molar-refractivity contribution in [1.82, 2.24) is 24.5 Å². The average Bonchev–Trinajstić information content (AvgIpc) is 3.62. The van der Waals surface area contributed by atoms with Gasteiger partial charge in [0.05, 0.1) is 32.0 Å². The molecule has 0 saturated carbocycles. The predicted molar refractivity (Wildman–Crippen MR) is 132 cm³/mol. The highest BCUT2D eigenvalue weighted by Gasteiger charge is 2.35. The Morgan fingerprint density at radius 1 is 1.23 bits per heavy atom. The summed E-state index contributed by atoms with van der Waals surface area (Å²) < 4.78 is 9.67. The number of benzene rings is 1. The molecule has 3 aliphatic heterocycles. The zero-order chi connectivity index (χ0) is 24.1. The predicted octanol–water partition coefficient (Wildman–Crippen LogP) is 2.77. The lowest BCUT2D eigenvalue weighted by atomic mass is 9.88. The Morgan fingerprint density at radius 2 is 2.11 bits per heavy atom. The fourth-order valence-corrected chi connectivity index (χ4v) is 5.78. The summed E-state index contributed by atoms with van der Waals surface area (Å²) in [5.74, 6) is 1.11. The molecule has 0 spiro atoms. The quantitative estimate of drug-likeness (QED) is 0.623. The molecule has 2 atom stereocenters. The molecule has 6 rings (SSSR count). The number of aryl methyl sites for hydroxylation is 1. The molecular weight excluding hydrogens is 444 g/mol. The Kier molecular flexibility index (Phi) is 5.61. The lowest BCUT2D eigenvalue weighted by molar-refractivity contribution is -0.129.